The largest absolute Gasteiger partial charge is 0.427 e. The first-order valence-electron chi connectivity index (χ1n) is 12.0. The molecule has 0 aliphatic heterocycles. The first kappa shape index (κ1) is 26.9. The van der Waals surface area contributed by atoms with Crippen LogP contribution >= 0.6 is 11.6 Å². The molecule has 0 aromatic heterocycles. The fraction of sp³-hybridized carbons (Fsp3) is 0.310. The molecule has 0 amide bonds. The van der Waals surface area contributed by atoms with Gasteiger partial charge in [0.15, 0.2) is 0 Å². The molecule has 3 aromatic rings. The minimum Gasteiger partial charge on any atom is -0.427 e. The van der Waals surface area contributed by atoms with Crippen molar-refractivity contribution in [1.82, 2.24) is 0 Å². The summed E-state index contributed by atoms with van der Waals surface area (Å²) in [7, 11) is -2.62. The van der Waals surface area contributed by atoms with Crippen LogP contribution in [-0.2, 0) is 20.6 Å². The summed E-state index contributed by atoms with van der Waals surface area (Å²) in [5.41, 5.74) is 1.01. The standard InChI is InChI=1S/C29H33ClO4Si/c1-29(2,3)35(25-12-6-4-7-13-25,26-14-8-5-9-15-26)33-22-23-18-20-24(21-19-23)34-28(32)17-11-10-16-27(30)31/h4-9,12-15,18-21H,10-11,16-17,22H2,1-3H3. The lowest BCUT2D eigenvalue weighted by Gasteiger charge is -2.43. The van der Waals surface area contributed by atoms with Gasteiger partial charge in [0, 0.05) is 12.8 Å². The van der Waals surface area contributed by atoms with Crippen LogP contribution in [0.3, 0.4) is 0 Å². The van der Waals surface area contributed by atoms with Crippen molar-refractivity contribution >= 4 is 41.5 Å². The maximum absolute atomic E-state index is 12.1. The second-order valence-corrected chi connectivity index (χ2v) is 14.4. The predicted octanol–water partition coefficient (Wildman–Crippen LogP) is 5.99. The highest BCUT2D eigenvalue weighted by atomic mass is 35.5. The lowest BCUT2D eigenvalue weighted by molar-refractivity contribution is -0.134. The van der Waals surface area contributed by atoms with E-state index in [-0.39, 0.29) is 29.1 Å². The van der Waals surface area contributed by atoms with Crippen LogP contribution in [0.5, 0.6) is 5.75 Å². The Bertz CT molecular complexity index is 1050. The first-order valence-corrected chi connectivity index (χ1v) is 14.2. The summed E-state index contributed by atoms with van der Waals surface area (Å²) in [6.07, 6.45) is 1.68. The van der Waals surface area contributed by atoms with Gasteiger partial charge in [-0.3, -0.25) is 9.59 Å². The molecule has 0 fully saturated rings. The Hall–Kier alpha value is -2.73. The summed E-state index contributed by atoms with van der Waals surface area (Å²) in [6, 6.07) is 28.5. The van der Waals surface area contributed by atoms with Crippen molar-refractivity contribution in [3.8, 4) is 5.75 Å². The van der Waals surface area contributed by atoms with Gasteiger partial charge in [-0.2, -0.15) is 0 Å². The van der Waals surface area contributed by atoms with Crippen molar-refractivity contribution in [2.45, 2.75) is 58.1 Å². The number of hydrogen-bond donors (Lipinski definition) is 0. The Morgan fingerprint density at radius 3 is 1.77 bits per heavy atom. The van der Waals surface area contributed by atoms with Crippen molar-refractivity contribution in [1.29, 1.82) is 0 Å². The van der Waals surface area contributed by atoms with Crippen LogP contribution in [0.25, 0.3) is 0 Å². The molecule has 0 bridgehead atoms. The van der Waals surface area contributed by atoms with Crippen LogP contribution in [-0.4, -0.2) is 19.5 Å². The second-order valence-electron chi connectivity index (χ2n) is 9.63. The Morgan fingerprint density at radius 1 is 0.771 bits per heavy atom. The summed E-state index contributed by atoms with van der Waals surface area (Å²) < 4.78 is 12.4. The van der Waals surface area contributed by atoms with E-state index in [0.29, 0.717) is 25.2 Å². The first-order chi connectivity index (χ1) is 16.7. The van der Waals surface area contributed by atoms with Crippen molar-refractivity contribution in [2.24, 2.45) is 0 Å². The lowest BCUT2D eigenvalue weighted by Crippen LogP contribution is -2.66. The molecule has 0 saturated carbocycles. The average molecular weight is 509 g/mol. The van der Waals surface area contributed by atoms with Crippen LogP contribution < -0.4 is 15.1 Å². The highest BCUT2D eigenvalue weighted by molar-refractivity contribution is 6.99. The summed E-state index contributed by atoms with van der Waals surface area (Å²) >= 11 is 5.32. The summed E-state index contributed by atoms with van der Waals surface area (Å²) in [6.45, 7) is 7.22. The summed E-state index contributed by atoms with van der Waals surface area (Å²) in [5, 5.41) is 1.99. The van der Waals surface area contributed by atoms with E-state index in [1.165, 1.54) is 10.4 Å². The van der Waals surface area contributed by atoms with Gasteiger partial charge in [-0.25, -0.2) is 0 Å². The third-order valence-electron chi connectivity index (χ3n) is 6.03. The molecule has 3 aromatic carbocycles. The maximum atomic E-state index is 12.1. The van der Waals surface area contributed by atoms with E-state index in [1.807, 2.05) is 24.3 Å². The summed E-state index contributed by atoms with van der Waals surface area (Å²) in [4.78, 5) is 22.8. The summed E-state index contributed by atoms with van der Waals surface area (Å²) in [5.74, 6) is 0.181. The predicted molar refractivity (Wildman–Crippen MR) is 144 cm³/mol. The number of benzene rings is 3. The zero-order chi connectivity index (χ0) is 25.3. The fourth-order valence-corrected chi connectivity index (χ4v) is 8.99. The monoisotopic (exact) mass is 508 g/mol. The number of carbonyl (C=O) groups excluding carboxylic acids is 2. The number of rotatable bonds is 11. The van der Waals surface area contributed by atoms with Crippen LogP contribution in [0.4, 0.5) is 0 Å². The molecule has 0 N–H and O–H groups in total. The molecular formula is C29H33ClO4Si. The highest BCUT2D eigenvalue weighted by Crippen LogP contribution is 2.37. The van der Waals surface area contributed by atoms with Gasteiger partial charge in [0.25, 0.3) is 8.32 Å². The molecule has 0 spiro atoms. The molecule has 0 unspecified atom stereocenters. The number of carbonyl (C=O) groups is 2. The molecular weight excluding hydrogens is 476 g/mol. The topological polar surface area (TPSA) is 52.6 Å². The Labute approximate surface area is 214 Å². The van der Waals surface area contributed by atoms with Gasteiger partial charge in [0.2, 0.25) is 5.24 Å². The zero-order valence-electron chi connectivity index (χ0n) is 20.6. The van der Waals surface area contributed by atoms with E-state index >= 15 is 0 Å². The van der Waals surface area contributed by atoms with E-state index < -0.39 is 8.32 Å². The normalized spacial score (nSPS) is 11.8. The molecule has 0 saturated heterocycles. The van der Waals surface area contributed by atoms with Crippen LogP contribution in [0, 0.1) is 0 Å². The number of ether oxygens (including phenoxy) is 1. The smallest absolute Gasteiger partial charge is 0.311 e. The third kappa shape index (κ3) is 7.13. The van der Waals surface area contributed by atoms with Gasteiger partial charge in [0.05, 0.1) is 6.61 Å². The van der Waals surface area contributed by atoms with Crippen molar-refractivity contribution in [2.75, 3.05) is 0 Å². The minimum atomic E-state index is -2.62. The molecule has 3 rings (SSSR count). The molecule has 6 heteroatoms. The quantitative estimate of drug-likeness (QED) is 0.105. The highest BCUT2D eigenvalue weighted by Gasteiger charge is 2.50. The van der Waals surface area contributed by atoms with Gasteiger partial charge in [-0.05, 0) is 57.6 Å². The van der Waals surface area contributed by atoms with Crippen LogP contribution in [0.1, 0.15) is 52.0 Å². The fourth-order valence-electron chi connectivity index (χ4n) is 4.32. The van der Waals surface area contributed by atoms with Gasteiger partial charge in [-0.15, -0.1) is 0 Å². The molecule has 0 atom stereocenters. The van der Waals surface area contributed by atoms with Crippen LogP contribution in [0.2, 0.25) is 5.04 Å². The number of halogens is 1. The van der Waals surface area contributed by atoms with Crippen molar-refractivity contribution in [3.63, 3.8) is 0 Å². The zero-order valence-corrected chi connectivity index (χ0v) is 22.4. The van der Waals surface area contributed by atoms with E-state index in [9.17, 15) is 9.59 Å². The SMILES string of the molecule is CC(C)(C)[Si](OCc1ccc(OC(=O)CCCCC(=O)Cl)cc1)(c1ccccc1)c1ccccc1. The van der Waals surface area contributed by atoms with E-state index in [1.54, 1.807) is 12.1 Å². The molecule has 35 heavy (non-hydrogen) atoms. The van der Waals surface area contributed by atoms with Gasteiger partial charge in [0.1, 0.15) is 5.75 Å². The molecule has 4 nitrogen and oxygen atoms in total. The van der Waals surface area contributed by atoms with Crippen LogP contribution in [0.15, 0.2) is 84.9 Å². The molecule has 0 heterocycles. The minimum absolute atomic E-state index is 0.0980. The van der Waals surface area contributed by atoms with Crippen molar-refractivity contribution in [3.05, 3.63) is 90.5 Å². The van der Waals surface area contributed by atoms with E-state index in [4.69, 9.17) is 20.8 Å². The molecule has 0 radical (unpaired) electrons. The number of esters is 1. The van der Waals surface area contributed by atoms with E-state index in [2.05, 4.69) is 69.3 Å². The average Bonchev–Trinajstić information content (AvgIpc) is 2.84. The van der Waals surface area contributed by atoms with Gasteiger partial charge in [-0.1, -0.05) is 93.6 Å². The molecule has 184 valence electrons. The van der Waals surface area contributed by atoms with E-state index in [0.717, 1.165) is 5.56 Å². The van der Waals surface area contributed by atoms with Gasteiger partial charge >= 0.3 is 5.97 Å². The lowest BCUT2D eigenvalue weighted by atomic mass is 10.2. The maximum Gasteiger partial charge on any atom is 0.311 e. The third-order valence-corrected chi connectivity index (χ3v) is 11.2. The Balaban J connectivity index is 1.74. The molecule has 0 aliphatic rings. The van der Waals surface area contributed by atoms with Gasteiger partial charge < -0.3 is 9.16 Å². The number of hydrogen-bond acceptors (Lipinski definition) is 4. The molecule has 0 aliphatic carbocycles. The second kappa shape index (κ2) is 12.3. The Morgan fingerprint density at radius 2 is 1.29 bits per heavy atom. The van der Waals surface area contributed by atoms with Crippen molar-refractivity contribution < 1.29 is 18.8 Å². The Kier molecular flexibility index (Phi) is 9.44. The number of unbranched alkanes of at least 4 members (excludes halogenated alkanes) is 1.